The molecule has 0 aromatic heterocycles. The summed E-state index contributed by atoms with van der Waals surface area (Å²) in [5.74, 6) is 0. The van der Waals surface area contributed by atoms with Crippen LogP contribution in [0.15, 0.2) is 0 Å². The average molecular weight is 226 g/mol. The summed E-state index contributed by atoms with van der Waals surface area (Å²) in [6.45, 7) is 5.64. The summed E-state index contributed by atoms with van der Waals surface area (Å²) in [7, 11) is 1.81. The van der Waals surface area contributed by atoms with E-state index >= 15 is 0 Å². The minimum absolute atomic E-state index is 0.567. The Morgan fingerprint density at radius 2 is 2.19 bits per heavy atom. The van der Waals surface area contributed by atoms with Gasteiger partial charge in [0.15, 0.2) is 0 Å². The number of likely N-dealkylation sites (tertiary alicyclic amines) is 1. The second-order valence-electron chi connectivity index (χ2n) is 5.31. The summed E-state index contributed by atoms with van der Waals surface area (Å²) in [6.07, 6.45) is 6.84. The summed E-state index contributed by atoms with van der Waals surface area (Å²) in [6, 6.07) is 2.05. The van der Waals surface area contributed by atoms with Gasteiger partial charge >= 0.3 is 0 Å². The van der Waals surface area contributed by atoms with Crippen LogP contribution in [0.4, 0.5) is 0 Å². The Hall–Kier alpha value is -0.120. The van der Waals surface area contributed by atoms with Crippen LogP contribution >= 0.6 is 0 Å². The number of hydrogen-bond acceptors (Lipinski definition) is 3. The SMILES string of the molecule is COCC(C)N1CCCCC1C1CCCN1. The Labute approximate surface area is 99.5 Å². The Bertz CT molecular complexity index is 204. The summed E-state index contributed by atoms with van der Waals surface area (Å²) in [5, 5.41) is 3.67. The zero-order chi connectivity index (χ0) is 11.4. The molecular weight excluding hydrogens is 200 g/mol. The van der Waals surface area contributed by atoms with Crippen LogP contribution in [0.1, 0.15) is 39.0 Å². The zero-order valence-electron chi connectivity index (χ0n) is 10.7. The first-order valence-electron chi connectivity index (χ1n) is 6.81. The topological polar surface area (TPSA) is 24.5 Å². The van der Waals surface area contributed by atoms with Gasteiger partial charge in [-0.15, -0.1) is 0 Å². The lowest BCUT2D eigenvalue weighted by Gasteiger charge is -2.42. The predicted octanol–water partition coefficient (Wildman–Crippen LogP) is 1.63. The van der Waals surface area contributed by atoms with E-state index in [4.69, 9.17) is 4.74 Å². The summed E-state index contributed by atoms with van der Waals surface area (Å²) in [4.78, 5) is 2.68. The van der Waals surface area contributed by atoms with E-state index in [0.29, 0.717) is 6.04 Å². The zero-order valence-corrected chi connectivity index (χ0v) is 10.7. The molecule has 0 saturated carbocycles. The van der Waals surface area contributed by atoms with Crippen LogP contribution < -0.4 is 5.32 Å². The van der Waals surface area contributed by atoms with Crippen LogP contribution in [0, 0.1) is 0 Å². The van der Waals surface area contributed by atoms with Crippen molar-refractivity contribution in [2.24, 2.45) is 0 Å². The van der Waals surface area contributed by atoms with Gasteiger partial charge in [-0.1, -0.05) is 6.42 Å². The predicted molar refractivity (Wildman–Crippen MR) is 66.7 cm³/mol. The number of piperidine rings is 1. The fraction of sp³-hybridized carbons (Fsp3) is 1.00. The molecule has 0 aromatic carbocycles. The van der Waals surface area contributed by atoms with Gasteiger partial charge in [-0.3, -0.25) is 4.90 Å². The first-order valence-corrected chi connectivity index (χ1v) is 6.81. The van der Waals surface area contributed by atoms with Crippen molar-refractivity contribution in [3.63, 3.8) is 0 Å². The number of rotatable bonds is 4. The molecule has 0 aliphatic carbocycles. The van der Waals surface area contributed by atoms with E-state index in [0.717, 1.165) is 18.7 Å². The second-order valence-corrected chi connectivity index (χ2v) is 5.31. The van der Waals surface area contributed by atoms with E-state index in [9.17, 15) is 0 Å². The van der Waals surface area contributed by atoms with Crippen molar-refractivity contribution in [2.75, 3.05) is 26.8 Å². The van der Waals surface area contributed by atoms with Gasteiger partial charge in [0.25, 0.3) is 0 Å². The molecule has 0 spiro atoms. The van der Waals surface area contributed by atoms with Crippen molar-refractivity contribution in [3.05, 3.63) is 0 Å². The fourth-order valence-electron chi connectivity index (χ4n) is 3.34. The fourth-order valence-corrected chi connectivity index (χ4v) is 3.34. The van der Waals surface area contributed by atoms with Crippen LogP contribution in [0.3, 0.4) is 0 Å². The Balaban J connectivity index is 1.95. The molecule has 3 atom stereocenters. The number of nitrogens with one attached hydrogen (secondary N) is 1. The highest BCUT2D eigenvalue weighted by atomic mass is 16.5. The largest absolute Gasteiger partial charge is 0.383 e. The van der Waals surface area contributed by atoms with Gasteiger partial charge in [-0.25, -0.2) is 0 Å². The van der Waals surface area contributed by atoms with Gasteiger partial charge in [-0.05, 0) is 45.7 Å². The van der Waals surface area contributed by atoms with Crippen molar-refractivity contribution in [3.8, 4) is 0 Å². The number of nitrogens with zero attached hydrogens (tertiary/aromatic N) is 1. The highest BCUT2D eigenvalue weighted by molar-refractivity contribution is 4.92. The van der Waals surface area contributed by atoms with Crippen LogP contribution in [-0.4, -0.2) is 49.8 Å². The van der Waals surface area contributed by atoms with Crippen LogP contribution in [0.25, 0.3) is 0 Å². The van der Waals surface area contributed by atoms with Crippen molar-refractivity contribution in [1.82, 2.24) is 10.2 Å². The maximum atomic E-state index is 5.31. The Kier molecular flexibility index (Phi) is 4.62. The summed E-state index contributed by atoms with van der Waals surface area (Å²) >= 11 is 0. The molecule has 0 bridgehead atoms. The number of methoxy groups -OCH3 is 1. The van der Waals surface area contributed by atoms with Gasteiger partial charge in [-0.2, -0.15) is 0 Å². The smallest absolute Gasteiger partial charge is 0.0615 e. The van der Waals surface area contributed by atoms with E-state index in [1.165, 1.54) is 45.2 Å². The third-order valence-corrected chi connectivity index (χ3v) is 4.13. The minimum atomic E-state index is 0.567. The number of ether oxygens (including phenoxy) is 1. The second kappa shape index (κ2) is 5.99. The van der Waals surface area contributed by atoms with Crippen LogP contribution in [0.2, 0.25) is 0 Å². The quantitative estimate of drug-likeness (QED) is 0.788. The average Bonchev–Trinajstić information content (AvgIpc) is 2.83. The summed E-state index contributed by atoms with van der Waals surface area (Å²) < 4.78 is 5.31. The van der Waals surface area contributed by atoms with Gasteiger partial charge < -0.3 is 10.1 Å². The summed E-state index contributed by atoms with van der Waals surface area (Å²) in [5.41, 5.74) is 0. The molecule has 16 heavy (non-hydrogen) atoms. The molecule has 2 saturated heterocycles. The van der Waals surface area contributed by atoms with Crippen molar-refractivity contribution in [2.45, 2.75) is 57.2 Å². The van der Waals surface area contributed by atoms with E-state index in [2.05, 4.69) is 17.1 Å². The van der Waals surface area contributed by atoms with Crippen molar-refractivity contribution < 1.29 is 4.74 Å². The first-order chi connectivity index (χ1) is 7.83. The molecule has 0 amide bonds. The molecular formula is C13H26N2O. The molecule has 3 heteroatoms. The molecule has 0 radical (unpaired) electrons. The van der Waals surface area contributed by atoms with E-state index in [1.54, 1.807) is 0 Å². The molecule has 3 nitrogen and oxygen atoms in total. The molecule has 1 N–H and O–H groups in total. The van der Waals surface area contributed by atoms with E-state index in [-0.39, 0.29) is 0 Å². The Morgan fingerprint density at radius 1 is 1.31 bits per heavy atom. The maximum Gasteiger partial charge on any atom is 0.0615 e. The molecule has 2 rings (SSSR count). The van der Waals surface area contributed by atoms with Crippen molar-refractivity contribution >= 4 is 0 Å². The lowest BCUT2D eigenvalue weighted by atomic mass is 9.93. The standard InChI is InChI=1S/C13H26N2O/c1-11(10-16-2)15-9-4-3-7-13(15)12-6-5-8-14-12/h11-14H,3-10H2,1-2H3. The minimum Gasteiger partial charge on any atom is -0.383 e. The molecule has 94 valence electrons. The third-order valence-electron chi connectivity index (χ3n) is 4.13. The molecule has 2 aliphatic heterocycles. The van der Waals surface area contributed by atoms with Gasteiger partial charge in [0, 0.05) is 25.2 Å². The lowest BCUT2D eigenvalue weighted by Crippen LogP contribution is -2.54. The molecule has 2 fully saturated rings. The first kappa shape index (κ1) is 12.3. The highest BCUT2D eigenvalue weighted by Crippen LogP contribution is 2.25. The maximum absolute atomic E-state index is 5.31. The van der Waals surface area contributed by atoms with Crippen molar-refractivity contribution in [1.29, 1.82) is 0 Å². The normalized spacial score (nSPS) is 34.1. The molecule has 2 heterocycles. The van der Waals surface area contributed by atoms with Gasteiger partial charge in [0.05, 0.1) is 6.61 Å². The monoisotopic (exact) mass is 226 g/mol. The van der Waals surface area contributed by atoms with Gasteiger partial charge in [0.1, 0.15) is 0 Å². The van der Waals surface area contributed by atoms with E-state index in [1.807, 2.05) is 7.11 Å². The molecule has 2 aliphatic rings. The van der Waals surface area contributed by atoms with Gasteiger partial charge in [0.2, 0.25) is 0 Å². The number of hydrogen-bond donors (Lipinski definition) is 1. The van der Waals surface area contributed by atoms with Crippen LogP contribution in [0.5, 0.6) is 0 Å². The lowest BCUT2D eigenvalue weighted by molar-refractivity contribution is 0.0361. The van der Waals surface area contributed by atoms with E-state index < -0.39 is 0 Å². The third kappa shape index (κ3) is 2.76. The highest BCUT2D eigenvalue weighted by Gasteiger charge is 2.33. The molecule has 3 unspecified atom stereocenters. The van der Waals surface area contributed by atoms with Crippen LogP contribution in [-0.2, 0) is 4.74 Å². The Morgan fingerprint density at radius 3 is 2.88 bits per heavy atom. The molecule has 0 aromatic rings.